The van der Waals surface area contributed by atoms with E-state index in [-0.39, 0.29) is 19.2 Å². The fraction of sp³-hybridized carbons (Fsp3) is 1.00. The van der Waals surface area contributed by atoms with Gasteiger partial charge in [0.25, 0.3) is 0 Å². The first-order valence-corrected chi connectivity index (χ1v) is 6.55. The number of alkyl halides is 3. The van der Waals surface area contributed by atoms with Crippen LogP contribution >= 0.6 is 0 Å². The Labute approximate surface area is 108 Å². The lowest BCUT2D eigenvalue weighted by molar-refractivity contribution is -0.323. The van der Waals surface area contributed by atoms with Gasteiger partial charge in [0, 0.05) is 12.6 Å². The first kappa shape index (κ1) is 17.7. The topological polar surface area (TPSA) is 24.5 Å². The molecule has 0 aliphatic rings. The van der Waals surface area contributed by atoms with Crippen molar-refractivity contribution in [3.63, 3.8) is 0 Å². The standard InChI is InChI=1S/C12H25F3N2O/c1-4-17(5-2)9-6-7-11(3)16-8-10-18-12(13,14)15/h11,16H,4-10H2,1-3H3. The zero-order chi connectivity index (χ0) is 14.0. The van der Waals surface area contributed by atoms with Gasteiger partial charge in [0.1, 0.15) is 0 Å². The molecule has 0 aromatic heterocycles. The molecule has 0 saturated carbocycles. The van der Waals surface area contributed by atoms with Gasteiger partial charge in [-0.15, -0.1) is 13.2 Å². The van der Waals surface area contributed by atoms with Gasteiger partial charge < -0.3 is 10.2 Å². The molecule has 0 bridgehead atoms. The maximum absolute atomic E-state index is 11.7. The minimum absolute atomic E-state index is 0.220. The van der Waals surface area contributed by atoms with Crippen molar-refractivity contribution < 1.29 is 17.9 Å². The minimum Gasteiger partial charge on any atom is -0.312 e. The van der Waals surface area contributed by atoms with Crippen molar-refractivity contribution in [2.24, 2.45) is 0 Å². The summed E-state index contributed by atoms with van der Waals surface area (Å²) in [5, 5.41) is 3.02. The predicted molar refractivity (Wildman–Crippen MR) is 66.5 cm³/mol. The highest BCUT2D eigenvalue weighted by atomic mass is 19.4. The van der Waals surface area contributed by atoms with Gasteiger partial charge in [-0.05, 0) is 39.4 Å². The van der Waals surface area contributed by atoms with Crippen molar-refractivity contribution in [3.05, 3.63) is 0 Å². The average molecular weight is 270 g/mol. The SMILES string of the molecule is CCN(CC)CCCC(C)NCCOC(F)(F)F. The van der Waals surface area contributed by atoms with E-state index in [2.05, 4.69) is 28.8 Å². The first-order valence-electron chi connectivity index (χ1n) is 6.55. The van der Waals surface area contributed by atoms with Gasteiger partial charge in [0.05, 0.1) is 6.61 Å². The molecule has 18 heavy (non-hydrogen) atoms. The Morgan fingerprint density at radius 1 is 1.22 bits per heavy atom. The normalized spacial score (nSPS) is 14.2. The van der Waals surface area contributed by atoms with E-state index < -0.39 is 6.36 Å². The summed E-state index contributed by atoms with van der Waals surface area (Å²) in [4.78, 5) is 2.33. The van der Waals surface area contributed by atoms with Crippen LogP contribution in [-0.2, 0) is 4.74 Å². The van der Waals surface area contributed by atoms with Crippen LogP contribution in [-0.4, -0.2) is 50.1 Å². The molecular weight excluding hydrogens is 245 g/mol. The summed E-state index contributed by atoms with van der Waals surface area (Å²) >= 11 is 0. The molecule has 0 radical (unpaired) electrons. The number of hydrogen-bond donors (Lipinski definition) is 1. The van der Waals surface area contributed by atoms with Crippen molar-refractivity contribution in [2.45, 2.75) is 46.0 Å². The van der Waals surface area contributed by atoms with Crippen molar-refractivity contribution in [2.75, 3.05) is 32.8 Å². The second-order valence-corrected chi connectivity index (χ2v) is 4.32. The average Bonchev–Trinajstić information content (AvgIpc) is 2.29. The van der Waals surface area contributed by atoms with Gasteiger partial charge in [-0.3, -0.25) is 4.74 Å². The van der Waals surface area contributed by atoms with E-state index in [1.807, 2.05) is 6.92 Å². The Balaban J connectivity index is 3.45. The van der Waals surface area contributed by atoms with Crippen LogP contribution in [0.25, 0.3) is 0 Å². The largest absolute Gasteiger partial charge is 0.522 e. The van der Waals surface area contributed by atoms with Crippen LogP contribution in [0.1, 0.15) is 33.6 Å². The molecule has 0 heterocycles. The van der Waals surface area contributed by atoms with Crippen molar-refractivity contribution in [3.8, 4) is 0 Å². The highest BCUT2D eigenvalue weighted by Gasteiger charge is 2.28. The van der Waals surface area contributed by atoms with E-state index in [1.165, 1.54) is 0 Å². The molecule has 110 valence electrons. The van der Waals surface area contributed by atoms with Crippen LogP contribution in [0.15, 0.2) is 0 Å². The summed E-state index contributed by atoms with van der Waals surface area (Å²) in [6.07, 6.45) is -2.51. The molecule has 1 atom stereocenters. The maximum Gasteiger partial charge on any atom is 0.522 e. The fourth-order valence-electron chi connectivity index (χ4n) is 1.74. The summed E-state index contributed by atoms with van der Waals surface area (Å²) in [5.74, 6) is 0. The Morgan fingerprint density at radius 3 is 2.33 bits per heavy atom. The molecular formula is C12H25F3N2O. The fourth-order valence-corrected chi connectivity index (χ4v) is 1.74. The van der Waals surface area contributed by atoms with Crippen LogP contribution in [0, 0.1) is 0 Å². The number of nitrogens with one attached hydrogen (secondary N) is 1. The second kappa shape index (κ2) is 9.58. The zero-order valence-corrected chi connectivity index (χ0v) is 11.5. The summed E-state index contributed by atoms with van der Waals surface area (Å²) in [5.41, 5.74) is 0. The molecule has 0 aromatic carbocycles. The van der Waals surface area contributed by atoms with E-state index in [9.17, 15) is 13.2 Å². The van der Waals surface area contributed by atoms with Crippen LogP contribution in [0.3, 0.4) is 0 Å². The lowest BCUT2D eigenvalue weighted by Gasteiger charge is -2.19. The maximum atomic E-state index is 11.7. The number of halogens is 3. The highest BCUT2D eigenvalue weighted by Crippen LogP contribution is 2.15. The third-order valence-corrected chi connectivity index (χ3v) is 2.87. The second-order valence-electron chi connectivity index (χ2n) is 4.32. The van der Waals surface area contributed by atoms with Gasteiger partial charge >= 0.3 is 6.36 Å². The quantitative estimate of drug-likeness (QED) is 0.618. The van der Waals surface area contributed by atoms with Gasteiger partial charge in [0.15, 0.2) is 0 Å². The molecule has 0 amide bonds. The van der Waals surface area contributed by atoms with E-state index in [4.69, 9.17) is 0 Å². The Bertz CT molecular complexity index is 196. The molecule has 0 spiro atoms. The number of rotatable bonds is 10. The minimum atomic E-state index is -4.52. The molecule has 0 aliphatic carbocycles. The smallest absolute Gasteiger partial charge is 0.312 e. The van der Waals surface area contributed by atoms with Gasteiger partial charge in [-0.25, -0.2) is 0 Å². The number of nitrogens with zero attached hydrogens (tertiary/aromatic N) is 1. The molecule has 0 aliphatic heterocycles. The lowest BCUT2D eigenvalue weighted by atomic mass is 10.2. The van der Waals surface area contributed by atoms with Crippen LogP contribution in [0.4, 0.5) is 13.2 Å². The van der Waals surface area contributed by atoms with Gasteiger partial charge in [-0.2, -0.15) is 0 Å². The Hall–Kier alpha value is -0.330. The summed E-state index contributed by atoms with van der Waals surface area (Å²) < 4.78 is 38.8. The summed E-state index contributed by atoms with van der Waals surface area (Å²) in [6, 6.07) is 0.220. The molecule has 0 aromatic rings. The third kappa shape index (κ3) is 10.8. The number of ether oxygens (including phenoxy) is 1. The van der Waals surface area contributed by atoms with Crippen LogP contribution in [0.2, 0.25) is 0 Å². The van der Waals surface area contributed by atoms with E-state index in [0.29, 0.717) is 0 Å². The summed E-state index contributed by atoms with van der Waals surface area (Å²) in [7, 11) is 0. The third-order valence-electron chi connectivity index (χ3n) is 2.87. The van der Waals surface area contributed by atoms with Crippen molar-refractivity contribution in [1.29, 1.82) is 0 Å². The zero-order valence-electron chi connectivity index (χ0n) is 11.5. The highest BCUT2D eigenvalue weighted by molar-refractivity contribution is 4.62. The van der Waals surface area contributed by atoms with Gasteiger partial charge in [0.2, 0.25) is 0 Å². The molecule has 1 unspecified atom stereocenters. The van der Waals surface area contributed by atoms with Crippen molar-refractivity contribution >= 4 is 0 Å². The Morgan fingerprint density at radius 2 is 1.83 bits per heavy atom. The molecule has 0 rings (SSSR count). The summed E-state index contributed by atoms with van der Waals surface area (Å²) in [6.45, 7) is 9.25. The lowest BCUT2D eigenvalue weighted by Crippen LogP contribution is -2.32. The predicted octanol–water partition coefficient (Wildman–Crippen LogP) is 2.62. The monoisotopic (exact) mass is 270 g/mol. The molecule has 0 saturated heterocycles. The molecule has 3 nitrogen and oxygen atoms in total. The van der Waals surface area contributed by atoms with Crippen LogP contribution in [0.5, 0.6) is 0 Å². The molecule has 6 heteroatoms. The van der Waals surface area contributed by atoms with Gasteiger partial charge in [-0.1, -0.05) is 13.8 Å². The van der Waals surface area contributed by atoms with E-state index in [0.717, 1.165) is 32.5 Å². The first-order chi connectivity index (χ1) is 8.39. The van der Waals surface area contributed by atoms with E-state index >= 15 is 0 Å². The Kier molecular flexibility index (Phi) is 9.40. The number of hydrogen-bond acceptors (Lipinski definition) is 3. The molecule has 0 fully saturated rings. The van der Waals surface area contributed by atoms with Crippen molar-refractivity contribution in [1.82, 2.24) is 10.2 Å². The van der Waals surface area contributed by atoms with E-state index in [1.54, 1.807) is 0 Å². The van der Waals surface area contributed by atoms with Crippen LogP contribution < -0.4 is 5.32 Å². The molecule has 1 N–H and O–H groups in total.